The first-order valence-electron chi connectivity index (χ1n) is 6.19. The van der Waals surface area contributed by atoms with Gasteiger partial charge in [0.15, 0.2) is 0 Å². The van der Waals surface area contributed by atoms with E-state index in [2.05, 4.69) is 23.8 Å². The van der Waals surface area contributed by atoms with Crippen molar-refractivity contribution >= 4 is 0 Å². The van der Waals surface area contributed by atoms with Crippen LogP contribution in [0.2, 0.25) is 0 Å². The number of rotatable bonds is 5. The van der Waals surface area contributed by atoms with Gasteiger partial charge in [-0.2, -0.15) is 0 Å². The maximum Gasteiger partial charge on any atom is 0.125 e. The fourth-order valence-corrected chi connectivity index (χ4v) is 1.99. The lowest BCUT2D eigenvalue weighted by atomic mass is 10.0. The van der Waals surface area contributed by atoms with Gasteiger partial charge in [0, 0.05) is 17.4 Å². The van der Waals surface area contributed by atoms with E-state index in [-0.39, 0.29) is 6.04 Å². The van der Waals surface area contributed by atoms with Gasteiger partial charge in [0.05, 0.1) is 0 Å². The molecule has 1 aromatic heterocycles. The Bertz CT molecular complexity index is 345. The third-order valence-corrected chi connectivity index (χ3v) is 2.82. The first-order valence-corrected chi connectivity index (χ1v) is 6.19. The first-order chi connectivity index (χ1) is 7.58. The lowest BCUT2D eigenvalue weighted by Crippen LogP contribution is -2.17. The van der Waals surface area contributed by atoms with Crippen LogP contribution in [0.25, 0.3) is 0 Å². The highest BCUT2D eigenvalue weighted by atomic mass is 14.9. The molecule has 0 aromatic carbocycles. The Kier molecular flexibility index (Phi) is 4.87. The molecule has 3 nitrogen and oxygen atoms in total. The standard InChI is InChI=1S/C13H23N3/c1-5-11-12(6-2)15-10(4)16-13(11)8-7-9(3)14/h9H,5-8,14H2,1-4H3. The minimum Gasteiger partial charge on any atom is -0.328 e. The average molecular weight is 221 g/mol. The van der Waals surface area contributed by atoms with Crippen LogP contribution < -0.4 is 5.73 Å². The van der Waals surface area contributed by atoms with E-state index in [0.29, 0.717) is 0 Å². The maximum absolute atomic E-state index is 5.80. The van der Waals surface area contributed by atoms with E-state index >= 15 is 0 Å². The van der Waals surface area contributed by atoms with Crippen LogP contribution in [0.15, 0.2) is 0 Å². The number of hydrogen-bond donors (Lipinski definition) is 1. The topological polar surface area (TPSA) is 51.8 Å². The number of nitrogens with two attached hydrogens (primary N) is 1. The molecule has 0 amide bonds. The largest absolute Gasteiger partial charge is 0.328 e. The zero-order chi connectivity index (χ0) is 12.1. The van der Waals surface area contributed by atoms with Crippen molar-refractivity contribution in [1.82, 2.24) is 9.97 Å². The number of aromatic nitrogens is 2. The molecule has 0 radical (unpaired) electrons. The van der Waals surface area contributed by atoms with E-state index in [1.807, 2.05) is 13.8 Å². The van der Waals surface area contributed by atoms with Crippen LogP contribution >= 0.6 is 0 Å². The fourth-order valence-electron chi connectivity index (χ4n) is 1.99. The van der Waals surface area contributed by atoms with Crippen molar-refractivity contribution in [3.63, 3.8) is 0 Å². The van der Waals surface area contributed by atoms with Crippen molar-refractivity contribution in [1.29, 1.82) is 0 Å². The van der Waals surface area contributed by atoms with Crippen molar-refractivity contribution < 1.29 is 0 Å². The highest BCUT2D eigenvalue weighted by Gasteiger charge is 2.10. The summed E-state index contributed by atoms with van der Waals surface area (Å²) in [6.07, 6.45) is 3.96. The average Bonchev–Trinajstić information content (AvgIpc) is 2.25. The molecule has 1 unspecified atom stereocenters. The summed E-state index contributed by atoms with van der Waals surface area (Å²) in [5.74, 6) is 0.883. The Hall–Kier alpha value is -0.960. The molecule has 0 aliphatic carbocycles. The molecule has 3 heteroatoms. The molecule has 90 valence electrons. The monoisotopic (exact) mass is 221 g/mol. The number of nitrogens with zero attached hydrogens (tertiary/aromatic N) is 2. The van der Waals surface area contributed by atoms with Gasteiger partial charge in [0.1, 0.15) is 5.82 Å². The molecule has 1 rings (SSSR count). The third kappa shape index (κ3) is 3.27. The molecule has 1 heterocycles. The lowest BCUT2D eigenvalue weighted by Gasteiger charge is -2.13. The van der Waals surface area contributed by atoms with E-state index < -0.39 is 0 Å². The molecule has 0 bridgehead atoms. The Balaban J connectivity index is 3.00. The second-order valence-electron chi connectivity index (χ2n) is 4.37. The predicted molar refractivity (Wildman–Crippen MR) is 67.5 cm³/mol. The molecule has 1 atom stereocenters. The minimum absolute atomic E-state index is 0.241. The van der Waals surface area contributed by atoms with Gasteiger partial charge in [-0.15, -0.1) is 0 Å². The van der Waals surface area contributed by atoms with Gasteiger partial charge in [0.2, 0.25) is 0 Å². The predicted octanol–water partition coefficient (Wildman–Crippen LogP) is 2.19. The van der Waals surface area contributed by atoms with Gasteiger partial charge in [-0.05, 0) is 45.1 Å². The summed E-state index contributed by atoms with van der Waals surface area (Å²) in [6.45, 7) is 8.33. The van der Waals surface area contributed by atoms with Crippen molar-refractivity contribution in [3.05, 3.63) is 22.8 Å². The summed E-state index contributed by atoms with van der Waals surface area (Å²) in [7, 11) is 0. The van der Waals surface area contributed by atoms with Gasteiger partial charge < -0.3 is 5.73 Å². The molecule has 0 aliphatic heterocycles. The summed E-state index contributed by atoms with van der Waals surface area (Å²) < 4.78 is 0. The smallest absolute Gasteiger partial charge is 0.125 e. The molecule has 16 heavy (non-hydrogen) atoms. The van der Waals surface area contributed by atoms with Crippen LogP contribution in [-0.4, -0.2) is 16.0 Å². The van der Waals surface area contributed by atoms with Gasteiger partial charge in [-0.1, -0.05) is 13.8 Å². The Morgan fingerprint density at radius 2 is 1.75 bits per heavy atom. The summed E-state index contributed by atoms with van der Waals surface area (Å²) in [4.78, 5) is 9.07. The summed E-state index contributed by atoms with van der Waals surface area (Å²) in [5.41, 5.74) is 9.53. The van der Waals surface area contributed by atoms with Crippen molar-refractivity contribution in [2.24, 2.45) is 5.73 Å². The quantitative estimate of drug-likeness (QED) is 0.829. The molecular weight excluding hydrogens is 198 g/mol. The second-order valence-corrected chi connectivity index (χ2v) is 4.37. The van der Waals surface area contributed by atoms with E-state index in [9.17, 15) is 0 Å². The number of aryl methyl sites for hydroxylation is 3. The van der Waals surface area contributed by atoms with Crippen molar-refractivity contribution in [2.75, 3.05) is 0 Å². The zero-order valence-corrected chi connectivity index (χ0v) is 10.9. The SMILES string of the molecule is CCc1nc(C)nc(CCC(C)N)c1CC. The van der Waals surface area contributed by atoms with Gasteiger partial charge in [-0.3, -0.25) is 0 Å². The molecular formula is C13H23N3. The lowest BCUT2D eigenvalue weighted by molar-refractivity contribution is 0.649. The Morgan fingerprint density at radius 3 is 2.25 bits per heavy atom. The maximum atomic E-state index is 5.80. The molecule has 0 spiro atoms. The second kappa shape index (κ2) is 5.94. The normalized spacial score (nSPS) is 12.8. The van der Waals surface area contributed by atoms with Gasteiger partial charge >= 0.3 is 0 Å². The summed E-state index contributed by atoms with van der Waals surface area (Å²) >= 11 is 0. The molecule has 0 saturated carbocycles. The first kappa shape index (κ1) is 13.1. The summed E-state index contributed by atoms with van der Waals surface area (Å²) in [6, 6.07) is 0.241. The molecule has 0 aliphatic rings. The third-order valence-electron chi connectivity index (χ3n) is 2.82. The van der Waals surface area contributed by atoms with E-state index in [1.54, 1.807) is 0 Å². The molecule has 1 aromatic rings. The molecule has 0 fully saturated rings. The fraction of sp³-hybridized carbons (Fsp3) is 0.692. The Labute approximate surface area is 98.5 Å². The molecule has 0 saturated heterocycles. The number of hydrogen-bond acceptors (Lipinski definition) is 3. The zero-order valence-electron chi connectivity index (χ0n) is 10.9. The van der Waals surface area contributed by atoms with E-state index in [1.165, 1.54) is 17.0 Å². The van der Waals surface area contributed by atoms with E-state index in [4.69, 9.17) is 5.73 Å². The Morgan fingerprint density at radius 1 is 1.12 bits per heavy atom. The van der Waals surface area contributed by atoms with Crippen LogP contribution in [0.5, 0.6) is 0 Å². The van der Waals surface area contributed by atoms with E-state index in [0.717, 1.165) is 31.5 Å². The van der Waals surface area contributed by atoms with Gasteiger partial charge in [0.25, 0.3) is 0 Å². The van der Waals surface area contributed by atoms with Crippen molar-refractivity contribution in [3.8, 4) is 0 Å². The van der Waals surface area contributed by atoms with Crippen molar-refractivity contribution in [2.45, 2.75) is 59.4 Å². The summed E-state index contributed by atoms with van der Waals surface area (Å²) in [5, 5.41) is 0. The molecule has 2 N–H and O–H groups in total. The van der Waals surface area contributed by atoms with Crippen LogP contribution in [0.1, 0.15) is 50.0 Å². The van der Waals surface area contributed by atoms with Crippen LogP contribution in [0.3, 0.4) is 0 Å². The highest BCUT2D eigenvalue weighted by molar-refractivity contribution is 5.26. The minimum atomic E-state index is 0.241. The van der Waals surface area contributed by atoms with Crippen LogP contribution in [0.4, 0.5) is 0 Å². The van der Waals surface area contributed by atoms with Gasteiger partial charge in [-0.25, -0.2) is 9.97 Å². The van der Waals surface area contributed by atoms with Crippen LogP contribution in [0, 0.1) is 6.92 Å². The highest BCUT2D eigenvalue weighted by Crippen LogP contribution is 2.15. The van der Waals surface area contributed by atoms with Crippen LogP contribution in [-0.2, 0) is 19.3 Å².